The number of nitrogens with one attached hydrogen (secondary N) is 1. The summed E-state index contributed by atoms with van der Waals surface area (Å²) < 4.78 is 4.96. The second kappa shape index (κ2) is 6.05. The van der Waals surface area contributed by atoms with Gasteiger partial charge in [-0.2, -0.15) is 0 Å². The van der Waals surface area contributed by atoms with Gasteiger partial charge in [-0.25, -0.2) is 0 Å². The van der Waals surface area contributed by atoms with Crippen LogP contribution >= 0.6 is 23.2 Å². The van der Waals surface area contributed by atoms with Crippen molar-refractivity contribution in [3.8, 4) is 0 Å². The number of rotatable bonds is 5. The first-order valence-corrected chi connectivity index (χ1v) is 5.60. The number of nitrogens with zero attached hydrogens (tertiary/aromatic N) is 1. The number of nitro groups is 1. The van der Waals surface area contributed by atoms with E-state index >= 15 is 0 Å². The Labute approximate surface area is 109 Å². The third kappa shape index (κ3) is 3.73. The number of ether oxygens (including phenoxy) is 1. The maximum Gasteiger partial charge on any atom is 0.272 e. The molecule has 0 aliphatic carbocycles. The van der Waals surface area contributed by atoms with Gasteiger partial charge in [-0.3, -0.25) is 10.1 Å². The molecular formula is C10H12Cl2N2O3. The first kappa shape index (κ1) is 14.0. The van der Waals surface area contributed by atoms with Crippen molar-refractivity contribution in [1.82, 2.24) is 0 Å². The van der Waals surface area contributed by atoms with Crippen molar-refractivity contribution in [2.45, 2.75) is 13.0 Å². The van der Waals surface area contributed by atoms with Crippen molar-refractivity contribution >= 4 is 34.6 Å². The molecule has 1 rings (SSSR count). The maximum absolute atomic E-state index is 10.6. The van der Waals surface area contributed by atoms with Crippen molar-refractivity contribution in [1.29, 1.82) is 0 Å². The van der Waals surface area contributed by atoms with Crippen molar-refractivity contribution < 1.29 is 9.66 Å². The highest BCUT2D eigenvalue weighted by atomic mass is 35.5. The molecule has 0 saturated heterocycles. The molecule has 0 spiro atoms. The fraction of sp³-hybridized carbons (Fsp3) is 0.400. The van der Waals surface area contributed by atoms with E-state index in [-0.39, 0.29) is 21.8 Å². The molecule has 0 amide bonds. The maximum atomic E-state index is 10.6. The molecule has 1 N–H and O–H groups in total. The summed E-state index contributed by atoms with van der Waals surface area (Å²) in [7, 11) is 1.58. The summed E-state index contributed by atoms with van der Waals surface area (Å²) >= 11 is 11.9. The van der Waals surface area contributed by atoms with E-state index in [1.54, 1.807) is 7.11 Å². The van der Waals surface area contributed by atoms with Crippen LogP contribution in [0, 0.1) is 10.1 Å². The van der Waals surface area contributed by atoms with Crippen LogP contribution in [0.3, 0.4) is 0 Å². The van der Waals surface area contributed by atoms with E-state index in [4.69, 9.17) is 27.9 Å². The smallest absolute Gasteiger partial charge is 0.272 e. The molecule has 0 saturated carbocycles. The third-order valence-corrected chi connectivity index (χ3v) is 2.64. The van der Waals surface area contributed by atoms with E-state index < -0.39 is 4.92 Å². The van der Waals surface area contributed by atoms with E-state index in [0.29, 0.717) is 12.3 Å². The summed E-state index contributed by atoms with van der Waals surface area (Å²) in [5.74, 6) is 0. The quantitative estimate of drug-likeness (QED) is 0.663. The van der Waals surface area contributed by atoms with Crippen LogP contribution < -0.4 is 5.32 Å². The minimum Gasteiger partial charge on any atom is -0.383 e. The minimum atomic E-state index is -0.542. The zero-order valence-electron chi connectivity index (χ0n) is 9.37. The zero-order chi connectivity index (χ0) is 13.0. The lowest BCUT2D eigenvalue weighted by atomic mass is 10.2. The van der Waals surface area contributed by atoms with Crippen LogP contribution in [0.2, 0.25) is 10.0 Å². The molecule has 0 fully saturated rings. The van der Waals surface area contributed by atoms with Gasteiger partial charge < -0.3 is 10.1 Å². The standard InChI is InChI=1S/C10H12Cl2N2O3/c1-6(5-17-2)13-10-8(11)3-7(14(15)16)4-9(10)12/h3-4,6,13H,5H2,1-2H3. The third-order valence-electron chi connectivity index (χ3n) is 2.05. The molecule has 0 heterocycles. The molecule has 1 aromatic carbocycles. The summed E-state index contributed by atoms with van der Waals surface area (Å²) in [6.07, 6.45) is 0. The van der Waals surface area contributed by atoms with E-state index in [1.165, 1.54) is 12.1 Å². The Morgan fingerprint density at radius 3 is 2.41 bits per heavy atom. The van der Waals surface area contributed by atoms with Gasteiger partial charge in [-0.1, -0.05) is 23.2 Å². The van der Waals surface area contributed by atoms with Gasteiger partial charge >= 0.3 is 0 Å². The van der Waals surface area contributed by atoms with Gasteiger partial charge in [0.15, 0.2) is 0 Å². The lowest BCUT2D eigenvalue weighted by molar-refractivity contribution is -0.384. The topological polar surface area (TPSA) is 64.4 Å². The molecular weight excluding hydrogens is 267 g/mol. The number of hydrogen-bond donors (Lipinski definition) is 1. The van der Waals surface area contributed by atoms with Crippen LogP contribution in [0.5, 0.6) is 0 Å². The lowest BCUT2D eigenvalue weighted by Gasteiger charge is -2.16. The monoisotopic (exact) mass is 278 g/mol. The molecule has 1 atom stereocenters. The first-order valence-electron chi connectivity index (χ1n) is 4.84. The summed E-state index contributed by atoms with van der Waals surface area (Å²) in [5, 5.41) is 14.1. The van der Waals surface area contributed by atoms with Gasteiger partial charge in [0.2, 0.25) is 0 Å². The molecule has 0 aliphatic rings. The average Bonchev–Trinajstić information content (AvgIpc) is 2.23. The van der Waals surface area contributed by atoms with E-state index in [0.717, 1.165) is 0 Å². The highest BCUT2D eigenvalue weighted by molar-refractivity contribution is 6.39. The number of methoxy groups -OCH3 is 1. The number of benzene rings is 1. The van der Waals surface area contributed by atoms with Crippen LogP contribution in [-0.4, -0.2) is 24.7 Å². The van der Waals surface area contributed by atoms with Crippen LogP contribution in [0.1, 0.15) is 6.92 Å². The molecule has 0 aromatic heterocycles. The number of anilines is 1. The van der Waals surface area contributed by atoms with Crippen molar-refractivity contribution in [3.05, 3.63) is 32.3 Å². The Kier molecular flexibility index (Phi) is 4.99. The number of hydrogen-bond acceptors (Lipinski definition) is 4. The molecule has 1 aromatic rings. The molecule has 17 heavy (non-hydrogen) atoms. The van der Waals surface area contributed by atoms with Crippen molar-refractivity contribution in [3.63, 3.8) is 0 Å². The van der Waals surface area contributed by atoms with E-state index in [9.17, 15) is 10.1 Å². The normalized spacial score (nSPS) is 12.2. The zero-order valence-corrected chi connectivity index (χ0v) is 10.9. The lowest BCUT2D eigenvalue weighted by Crippen LogP contribution is -2.21. The summed E-state index contributed by atoms with van der Waals surface area (Å²) in [5.41, 5.74) is 0.341. The second-order valence-electron chi connectivity index (χ2n) is 3.54. The van der Waals surface area contributed by atoms with Crippen LogP contribution in [0.4, 0.5) is 11.4 Å². The summed E-state index contributed by atoms with van der Waals surface area (Å²) in [6.45, 7) is 2.36. The summed E-state index contributed by atoms with van der Waals surface area (Å²) in [6, 6.07) is 2.52. The van der Waals surface area contributed by atoms with Gasteiger partial charge in [0.05, 0.1) is 27.3 Å². The fourth-order valence-electron chi connectivity index (χ4n) is 1.34. The minimum absolute atomic E-state index is 0.00328. The highest BCUT2D eigenvalue weighted by Gasteiger charge is 2.15. The number of non-ortho nitro benzene ring substituents is 1. The number of halogens is 2. The molecule has 0 aliphatic heterocycles. The summed E-state index contributed by atoms with van der Waals surface area (Å²) in [4.78, 5) is 10.0. The van der Waals surface area contributed by atoms with Crippen molar-refractivity contribution in [2.75, 3.05) is 19.0 Å². The van der Waals surface area contributed by atoms with Crippen LogP contribution in [0.15, 0.2) is 12.1 Å². The molecule has 0 bridgehead atoms. The first-order chi connectivity index (χ1) is 7.95. The Hall–Kier alpha value is -1.04. The van der Waals surface area contributed by atoms with Gasteiger partial charge in [0, 0.05) is 25.3 Å². The van der Waals surface area contributed by atoms with E-state index in [2.05, 4.69) is 5.32 Å². The van der Waals surface area contributed by atoms with Gasteiger partial charge in [-0.05, 0) is 6.92 Å². The van der Waals surface area contributed by atoms with Crippen molar-refractivity contribution in [2.24, 2.45) is 0 Å². The van der Waals surface area contributed by atoms with Gasteiger partial charge in [-0.15, -0.1) is 0 Å². The Morgan fingerprint density at radius 1 is 1.47 bits per heavy atom. The Morgan fingerprint density at radius 2 is 2.00 bits per heavy atom. The second-order valence-corrected chi connectivity index (χ2v) is 4.36. The Bertz CT molecular complexity index is 403. The van der Waals surface area contributed by atoms with Crippen LogP contribution in [-0.2, 0) is 4.74 Å². The van der Waals surface area contributed by atoms with E-state index in [1.807, 2.05) is 6.92 Å². The predicted molar refractivity (Wildman–Crippen MR) is 68.1 cm³/mol. The molecule has 5 nitrogen and oxygen atoms in total. The Balaban J connectivity index is 2.97. The SMILES string of the molecule is COCC(C)Nc1c(Cl)cc([N+](=O)[O-])cc1Cl. The van der Waals surface area contributed by atoms with Gasteiger partial charge in [0.25, 0.3) is 5.69 Å². The number of nitro benzene ring substituents is 1. The molecule has 1 unspecified atom stereocenters. The predicted octanol–water partition coefficient (Wildman–Crippen LogP) is 3.35. The largest absolute Gasteiger partial charge is 0.383 e. The fourth-order valence-corrected chi connectivity index (χ4v) is 1.93. The van der Waals surface area contributed by atoms with Crippen LogP contribution in [0.25, 0.3) is 0 Å². The molecule has 7 heteroatoms. The van der Waals surface area contributed by atoms with Gasteiger partial charge in [0.1, 0.15) is 0 Å². The molecule has 94 valence electrons. The average molecular weight is 279 g/mol. The molecule has 0 radical (unpaired) electrons. The highest BCUT2D eigenvalue weighted by Crippen LogP contribution is 2.34.